The van der Waals surface area contributed by atoms with Crippen molar-refractivity contribution < 1.29 is 9.53 Å². The van der Waals surface area contributed by atoms with Gasteiger partial charge in [-0.1, -0.05) is 70.7 Å². The molecule has 0 fully saturated rings. The number of aryl methyl sites for hydroxylation is 4. The Balaban J connectivity index is 1.30. The molecular formula is C52H50Cl4N4O2. The SMILES string of the molecule is CN1CCCc2cc(C(=CC3(C=C(c4ccc5c(c4)CCCN5C)c4ccc5c(c4)CCCN5C)OC(=O)c4c(Cl)c(Cl)c(Cl)c(Cl)c43)c3ccc4c(c3)CCCN4C)ccc21. The molecule has 0 saturated carbocycles. The summed E-state index contributed by atoms with van der Waals surface area (Å²) < 4.78 is 6.85. The third kappa shape index (κ3) is 7.06. The van der Waals surface area contributed by atoms with Crippen molar-refractivity contribution in [3.05, 3.63) is 161 Å². The number of nitrogens with zero attached hydrogens (tertiary/aromatic N) is 4. The van der Waals surface area contributed by atoms with Crippen LogP contribution in [-0.2, 0) is 36.0 Å². The molecule has 0 saturated heterocycles. The van der Waals surface area contributed by atoms with Crippen molar-refractivity contribution in [2.24, 2.45) is 0 Å². The van der Waals surface area contributed by atoms with Crippen LogP contribution in [0.1, 0.15) is 86.1 Å². The Labute approximate surface area is 385 Å². The van der Waals surface area contributed by atoms with E-state index in [0.717, 1.165) is 111 Å². The fraction of sp³-hybridized carbons (Fsp3) is 0.327. The smallest absolute Gasteiger partial charge is 0.341 e. The lowest BCUT2D eigenvalue weighted by Gasteiger charge is -2.31. The van der Waals surface area contributed by atoms with Gasteiger partial charge in [0.25, 0.3) is 0 Å². The number of carbonyl (C=O) groups excluding carboxylic acids is 1. The molecule has 318 valence electrons. The molecule has 5 aliphatic heterocycles. The highest BCUT2D eigenvalue weighted by molar-refractivity contribution is 6.53. The maximum atomic E-state index is 14.6. The van der Waals surface area contributed by atoms with Gasteiger partial charge in [0.2, 0.25) is 0 Å². The molecule has 0 unspecified atom stereocenters. The first kappa shape index (κ1) is 41.4. The van der Waals surface area contributed by atoms with Gasteiger partial charge in [0.05, 0.1) is 25.7 Å². The maximum absolute atomic E-state index is 14.6. The number of rotatable bonds is 6. The van der Waals surface area contributed by atoms with Gasteiger partial charge in [-0.05, 0) is 168 Å². The molecule has 0 spiro atoms. The molecule has 10 rings (SSSR count). The van der Waals surface area contributed by atoms with Gasteiger partial charge in [-0.25, -0.2) is 4.79 Å². The van der Waals surface area contributed by atoms with Crippen molar-refractivity contribution in [3.63, 3.8) is 0 Å². The van der Waals surface area contributed by atoms with Gasteiger partial charge in [-0.3, -0.25) is 0 Å². The highest BCUT2D eigenvalue weighted by Gasteiger charge is 2.48. The molecule has 5 aliphatic rings. The van der Waals surface area contributed by atoms with Gasteiger partial charge in [0.1, 0.15) is 0 Å². The lowest BCUT2D eigenvalue weighted by molar-refractivity contribution is 0.0300. The molecule has 10 heteroatoms. The minimum atomic E-state index is -1.58. The van der Waals surface area contributed by atoms with E-state index >= 15 is 0 Å². The van der Waals surface area contributed by atoms with E-state index < -0.39 is 11.6 Å². The van der Waals surface area contributed by atoms with Gasteiger partial charge in [-0.2, -0.15) is 0 Å². The lowest BCUT2D eigenvalue weighted by Crippen LogP contribution is -2.26. The summed E-state index contributed by atoms with van der Waals surface area (Å²) in [5.74, 6) is -0.616. The van der Waals surface area contributed by atoms with Crippen molar-refractivity contribution in [1.82, 2.24) is 0 Å². The van der Waals surface area contributed by atoms with Crippen molar-refractivity contribution in [2.45, 2.75) is 57.0 Å². The Morgan fingerprint density at radius 2 is 0.823 bits per heavy atom. The molecule has 5 heterocycles. The van der Waals surface area contributed by atoms with Crippen LogP contribution in [-0.4, -0.2) is 60.3 Å². The van der Waals surface area contributed by atoms with Crippen LogP contribution in [0.5, 0.6) is 0 Å². The molecule has 6 nitrogen and oxygen atoms in total. The summed E-state index contributed by atoms with van der Waals surface area (Å²) in [6.45, 7) is 4.05. The Morgan fingerprint density at radius 1 is 0.500 bits per heavy atom. The lowest BCUT2D eigenvalue weighted by atomic mass is 9.81. The molecule has 0 atom stereocenters. The van der Waals surface area contributed by atoms with Crippen LogP contribution in [0.25, 0.3) is 11.1 Å². The first-order valence-corrected chi connectivity index (χ1v) is 23.3. The van der Waals surface area contributed by atoms with E-state index in [1.807, 2.05) is 0 Å². The number of fused-ring (bicyclic) bond motifs is 5. The van der Waals surface area contributed by atoms with E-state index in [1.165, 1.54) is 45.0 Å². The predicted octanol–water partition coefficient (Wildman–Crippen LogP) is 12.5. The summed E-state index contributed by atoms with van der Waals surface area (Å²) in [7, 11) is 8.62. The van der Waals surface area contributed by atoms with Gasteiger partial charge in [0, 0.05) is 82.7 Å². The number of cyclic esters (lactones) is 1. The summed E-state index contributed by atoms with van der Waals surface area (Å²) in [5, 5.41) is 0.252. The topological polar surface area (TPSA) is 39.3 Å². The van der Waals surface area contributed by atoms with Gasteiger partial charge in [0.15, 0.2) is 5.60 Å². The Kier molecular flexibility index (Phi) is 10.8. The van der Waals surface area contributed by atoms with E-state index in [1.54, 1.807) is 0 Å². The van der Waals surface area contributed by atoms with E-state index in [-0.39, 0.29) is 25.7 Å². The third-order valence-corrected chi connectivity index (χ3v) is 15.6. The van der Waals surface area contributed by atoms with Crippen molar-refractivity contribution in [2.75, 3.05) is 74.0 Å². The predicted molar refractivity (Wildman–Crippen MR) is 260 cm³/mol. The van der Waals surface area contributed by atoms with Crippen LogP contribution in [0.4, 0.5) is 22.7 Å². The first-order chi connectivity index (χ1) is 29.9. The van der Waals surface area contributed by atoms with Crippen molar-refractivity contribution in [1.29, 1.82) is 0 Å². The zero-order chi connectivity index (χ0) is 43.0. The standard InChI is InChI=1S/C52H50Cl4N4O2/c1-57-21-5-9-35-25-31(13-17-41(35)57)39(32-14-18-42-36(26-32)10-6-22-58(42)2)29-52(46-45(51(61)62-52)47(53)49(55)50(56)48(46)54)30-40(33-15-19-43-37(27-33)11-7-23-59(43)3)34-16-20-44-38(28-34)12-8-24-60(44)4/h13-20,25-30H,5-12,21-24H2,1-4H3. The molecule has 62 heavy (non-hydrogen) atoms. The summed E-state index contributed by atoms with van der Waals surface area (Å²) >= 11 is 28.1. The summed E-state index contributed by atoms with van der Waals surface area (Å²) in [5.41, 5.74) is 14.8. The van der Waals surface area contributed by atoms with Crippen molar-refractivity contribution in [3.8, 4) is 0 Å². The van der Waals surface area contributed by atoms with Crippen LogP contribution in [0.15, 0.2) is 84.9 Å². The number of anilines is 4. The highest BCUT2D eigenvalue weighted by atomic mass is 35.5. The second kappa shape index (κ2) is 16.2. The molecule has 0 radical (unpaired) electrons. The van der Waals surface area contributed by atoms with E-state index in [0.29, 0.717) is 5.56 Å². The zero-order valence-corrected chi connectivity index (χ0v) is 38.7. The van der Waals surface area contributed by atoms with Crippen molar-refractivity contribution >= 4 is 86.3 Å². The number of halogens is 4. The molecular weight excluding hydrogens is 854 g/mol. The quantitative estimate of drug-likeness (QED) is 0.0960. The number of benzene rings is 5. The van der Waals surface area contributed by atoms with E-state index in [4.69, 9.17) is 51.1 Å². The zero-order valence-electron chi connectivity index (χ0n) is 35.7. The van der Waals surface area contributed by atoms with E-state index in [2.05, 4.69) is 133 Å². The van der Waals surface area contributed by atoms with E-state index in [9.17, 15) is 4.79 Å². The minimum Gasteiger partial charge on any atom is -0.442 e. The number of carbonyl (C=O) groups is 1. The third-order valence-electron chi connectivity index (χ3n) is 13.8. The summed E-state index contributed by atoms with van der Waals surface area (Å²) in [6.07, 6.45) is 12.3. The average molecular weight is 905 g/mol. The monoisotopic (exact) mass is 902 g/mol. The van der Waals surface area contributed by atoms with Crippen LogP contribution >= 0.6 is 46.4 Å². The van der Waals surface area contributed by atoms with Crippen LogP contribution < -0.4 is 19.6 Å². The molecule has 0 N–H and O–H groups in total. The Morgan fingerprint density at radius 3 is 1.16 bits per heavy atom. The largest absolute Gasteiger partial charge is 0.442 e. The summed E-state index contributed by atoms with van der Waals surface area (Å²) in [6, 6.07) is 26.9. The second-order valence-corrected chi connectivity index (χ2v) is 19.3. The Bertz CT molecular complexity index is 2470. The average Bonchev–Trinajstić information content (AvgIpc) is 3.57. The van der Waals surface area contributed by atoms with Gasteiger partial charge < -0.3 is 24.3 Å². The molecule has 0 amide bonds. The molecule has 5 aromatic carbocycles. The minimum absolute atomic E-state index is 0.0217. The number of hydrogen-bond donors (Lipinski definition) is 0. The highest BCUT2D eigenvalue weighted by Crippen LogP contribution is 2.54. The molecule has 0 aromatic heterocycles. The fourth-order valence-electron chi connectivity index (χ4n) is 10.6. The van der Waals surface area contributed by atoms with Crippen LogP contribution in [0, 0.1) is 0 Å². The maximum Gasteiger partial charge on any atom is 0.341 e. The molecule has 5 aromatic rings. The van der Waals surface area contributed by atoms with Gasteiger partial charge >= 0.3 is 5.97 Å². The van der Waals surface area contributed by atoms with Crippen LogP contribution in [0.2, 0.25) is 20.1 Å². The van der Waals surface area contributed by atoms with Crippen LogP contribution in [0.3, 0.4) is 0 Å². The first-order valence-electron chi connectivity index (χ1n) is 21.8. The number of hydrogen-bond acceptors (Lipinski definition) is 6. The fourth-order valence-corrected chi connectivity index (χ4v) is 11.7. The Hall–Kier alpha value is -4.59. The molecule has 0 bridgehead atoms. The van der Waals surface area contributed by atoms with Gasteiger partial charge in [-0.15, -0.1) is 0 Å². The number of ether oxygens (including phenoxy) is 1. The normalized spacial score (nSPS) is 17.4. The second-order valence-electron chi connectivity index (χ2n) is 17.8. The number of esters is 1. The summed E-state index contributed by atoms with van der Waals surface area (Å²) in [4.78, 5) is 23.9. The molecule has 0 aliphatic carbocycles.